The van der Waals surface area contributed by atoms with Gasteiger partial charge in [-0.25, -0.2) is 4.98 Å². The molecule has 25 heavy (non-hydrogen) atoms. The molecule has 0 aliphatic carbocycles. The number of hydrogen-bond donors (Lipinski definition) is 2. The van der Waals surface area contributed by atoms with Crippen molar-refractivity contribution in [1.82, 2.24) is 20.0 Å². The number of aromatic nitrogens is 2. The maximum atomic E-state index is 10.7. The van der Waals surface area contributed by atoms with E-state index in [1.807, 2.05) is 11.4 Å². The highest BCUT2D eigenvalue weighted by Gasteiger charge is 2.03. The van der Waals surface area contributed by atoms with Gasteiger partial charge in [0.25, 0.3) is 11.4 Å². The van der Waals surface area contributed by atoms with E-state index >= 15 is 0 Å². The Morgan fingerprint density at radius 3 is 3.00 bits per heavy atom. The SMILES string of the molecule is O=[N+]([O-])/C=C(/NCCCSc1ncco1)NCCSCc1ccsn1. The second-order valence-corrected chi connectivity index (χ2v) is 7.54. The summed E-state index contributed by atoms with van der Waals surface area (Å²) in [5, 5.41) is 19.4. The average molecular weight is 402 g/mol. The van der Waals surface area contributed by atoms with Gasteiger partial charge in [0.1, 0.15) is 6.26 Å². The van der Waals surface area contributed by atoms with Gasteiger partial charge in [-0.15, -0.1) is 0 Å². The first-order valence-corrected chi connectivity index (χ1v) is 10.5. The molecule has 2 aromatic heterocycles. The van der Waals surface area contributed by atoms with Gasteiger partial charge in [0, 0.05) is 35.7 Å². The van der Waals surface area contributed by atoms with Crippen molar-refractivity contribution in [2.75, 3.05) is 24.6 Å². The first-order valence-electron chi connectivity index (χ1n) is 7.56. The summed E-state index contributed by atoms with van der Waals surface area (Å²) in [6.07, 6.45) is 4.94. The van der Waals surface area contributed by atoms with Crippen LogP contribution in [0.2, 0.25) is 0 Å². The fourth-order valence-electron chi connectivity index (χ4n) is 1.74. The number of nitrogens with zero attached hydrogens (tertiary/aromatic N) is 3. The monoisotopic (exact) mass is 401 g/mol. The molecule has 2 aromatic rings. The number of hydrogen-bond acceptors (Lipinski definition) is 10. The molecule has 0 aliphatic heterocycles. The number of thioether (sulfide) groups is 2. The quantitative estimate of drug-likeness (QED) is 0.227. The molecule has 0 saturated carbocycles. The van der Waals surface area contributed by atoms with E-state index in [4.69, 9.17) is 4.42 Å². The minimum absolute atomic E-state index is 0.431. The van der Waals surface area contributed by atoms with Crippen molar-refractivity contribution in [1.29, 1.82) is 0 Å². The lowest BCUT2D eigenvalue weighted by Crippen LogP contribution is -2.29. The van der Waals surface area contributed by atoms with Gasteiger partial charge >= 0.3 is 0 Å². The maximum Gasteiger partial charge on any atom is 0.274 e. The first kappa shape index (κ1) is 19.6. The predicted molar refractivity (Wildman–Crippen MR) is 101 cm³/mol. The Hall–Kier alpha value is -1.72. The summed E-state index contributed by atoms with van der Waals surface area (Å²) in [4.78, 5) is 14.3. The van der Waals surface area contributed by atoms with Gasteiger partial charge in [-0.1, -0.05) is 11.8 Å². The van der Waals surface area contributed by atoms with Gasteiger partial charge in [-0.2, -0.15) is 16.1 Å². The molecule has 0 unspecified atom stereocenters. The molecule has 0 spiro atoms. The molecule has 0 saturated heterocycles. The number of nitro groups is 1. The fourth-order valence-corrected chi connectivity index (χ4v) is 3.85. The molecule has 136 valence electrons. The van der Waals surface area contributed by atoms with Gasteiger partial charge in [0.2, 0.25) is 0 Å². The molecule has 11 heteroatoms. The Morgan fingerprint density at radius 1 is 1.40 bits per heavy atom. The standard InChI is InChI=1S/C14H19N5O3S3/c20-19(21)10-13(15-3-1-7-24-14-17-4-6-22-14)16-5-9-23-11-12-2-8-25-18-12/h2,4,6,8,10,15-16H,1,3,5,7,9,11H2/b13-10-. The summed E-state index contributed by atoms with van der Waals surface area (Å²) < 4.78 is 9.37. The number of rotatable bonds is 13. The summed E-state index contributed by atoms with van der Waals surface area (Å²) in [6.45, 7) is 1.28. The minimum Gasteiger partial charge on any atom is -0.440 e. The van der Waals surface area contributed by atoms with E-state index in [1.165, 1.54) is 29.6 Å². The zero-order valence-electron chi connectivity index (χ0n) is 13.4. The Bertz CT molecular complexity index is 588. The number of nitrogens with one attached hydrogen (secondary N) is 2. The molecule has 0 aliphatic rings. The zero-order valence-corrected chi connectivity index (χ0v) is 15.9. The summed E-state index contributed by atoms with van der Waals surface area (Å²) in [7, 11) is 0. The van der Waals surface area contributed by atoms with Gasteiger partial charge in [-0.3, -0.25) is 10.1 Å². The maximum absolute atomic E-state index is 10.7. The fraction of sp³-hybridized carbons (Fsp3) is 0.429. The van der Waals surface area contributed by atoms with Crippen molar-refractivity contribution in [2.24, 2.45) is 0 Å². The first-order chi connectivity index (χ1) is 12.2. The van der Waals surface area contributed by atoms with Crippen LogP contribution in [0.3, 0.4) is 0 Å². The lowest BCUT2D eigenvalue weighted by atomic mass is 10.5. The van der Waals surface area contributed by atoms with Crippen molar-refractivity contribution in [2.45, 2.75) is 17.4 Å². The largest absolute Gasteiger partial charge is 0.440 e. The third kappa shape index (κ3) is 8.79. The molecule has 0 aromatic carbocycles. The van der Waals surface area contributed by atoms with Crippen molar-refractivity contribution >= 4 is 35.1 Å². The Balaban J connectivity index is 1.58. The van der Waals surface area contributed by atoms with Crippen molar-refractivity contribution in [3.8, 4) is 0 Å². The second-order valence-electron chi connectivity index (χ2n) is 4.73. The van der Waals surface area contributed by atoms with Crippen LogP contribution in [0, 0.1) is 10.1 Å². The van der Waals surface area contributed by atoms with Crippen LogP contribution in [-0.2, 0) is 5.75 Å². The van der Waals surface area contributed by atoms with Crippen molar-refractivity contribution < 1.29 is 9.34 Å². The van der Waals surface area contributed by atoms with Crippen LogP contribution >= 0.6 is 35.1 Å². The topological polar surface area (TPSA) is 106 Å². The minimum atomic E-state index is -0.459. The van der Waals surface area contributed by atoms with Crippen LogP contribution in [0.25, 0.3) is 0 Å². The van der Waals surface area contributed by atoms with E-state index in [1.54, 1.807) is 18.0 Å². The van der Waals surface area contributed by atoms with Crippen molar-refractivity contribution in [3.05, 3.63) is 51.7 Å². The Morgan fingerprint density at radius 2 is 2.28 bits per heavy atom. The smallest absolute Gasteiger partial charge is 0.274 e. The van der Waals surface area contributed by atoms with E-state index in [9.17, 15) is 10.1 Å². The third-order valence-corrected chi connectivity index (χ3v) is 5.34. The molecule has 0 radical (unpaired) electrons. The summed E-state index contributed by atoms with van der Waals surface area (Å²) in [5.41, 5.74) is 1.07. The normalized spacial score (nSPS) is 11.4. The van der Waals surface area contributed by atoms with Crippen LogP contribution in [0.1, 0.15) is 12.1 Å². The second kappa shape index (κ2) is 11.8. The van der Waals surface area contributed by atoms with E-state index < -0.39 is 4.92 Å². The third-order valence-electron chi connectivity index (χ3n) is 2.81. The molecule has 0 amide bonds. The Labute approximate surface area is 158 Å². The lowest BCUT2D eigenvalue weighted by molar-refractivity contribution is -0.404. The van der Waals surface area contributed by atoms with Crippen LogP contribution in [0.4, 0.5) is 0 Å². The van der Waals surface area contributed by atoms with Gasteiger partial charge in [0.05, 0.1) is 16.8 Å². The van der Waals surface area contributed by atoms with E-state index in [0.29, 0.717) is 24.1 Å². The predicted octanol–water partition coefficient (Wildman–Crippen LogP) is 2.80. The van der Waals surface area contributed by atoms with Crippen molar-refractivity contribution in [3.63, 3.8) is 0 Å². The summed E-state index contributed by atoms with van der Waals surface area (Å²) >= 11 is 4.70. The van der Waals surface area contributed by atoms with E-state index in [0.717, 1.165) is 35.6 Å². The van der Waals surface area contributed by atoms with Gasteiger partial charge in [-0.05, 0) is 24.0 Å². The van der Waals surface area contributed by atoms with Gasteiger partial charge < -0.3 is 15.1 Å². The zero-order chi connectivity index (χ0) is 17.7. The van der Waals surface area contributed by atoms with Crippen LogP contribution in [0.5, 0.6) is 0 Å². The highest BCUT2D eigenvalue weighted by Crippen LogP contribution is 2.15. The molecule has 2 rings (SSSR count). The molecule has 2 heterocycles. The molecule has 0 fully saturated rings. The Kier molecular flexibility index (Phi) is 9.23. The molecule has 2 N–H and O–H groups in total. The molecular formula is C14H19N5O3S3. The highest BCUT2D eigenvalue weighted by atomic mass is 32.2. The molecule has 0 atom stereocenters. The van der Waals surface area contributed by atoms with E-state index in [2.05, 4.69) is 20.0 Å². The summed E-state index contributed by atoms with van der Waals surface area (Å²) in [5.74, 6) is 2.95. The molecular weight excluding hydrogens is 382 g/mol. The number of oxazole rings is 1. The van der Waals surface area contributed by atoms with Crippen LogP contribution in [0.15, 0.2) is 45.6 Å². The average Bonchev–Trinajstić information content (AvgIpc) is 3.27. The van der Waals surface area contributed by atoms with E-state index in [-0.39, 0.29) is 0 Å². The van der Waals surface area contributed by atoms with Crippen LogP contribution < -0.4 is 10.6 Å². The lowest BCUT2D eigenvalue weighted by Gasteiger charge is -2.10. The molecule has 8 nitrogen and oxygen atoms in total. The molecule has 0 bridgehead atoms. The van der Waals surface area contributed by atoms with Crippen LogP contribution in [-0.4, -0.2) is 38.9 Å². The highest BCUT2D eigenvalue weighted by molar-refractivity contribution is 7.99. The summed E-state index contributed by atoms with van der Waals surface area (Å²) in [6, 6.07) is 2.00. The van der Waals surface area contributed by atoms with Gasteiger partial charge in [0.15, 0.2) is 5.82 Å².